The molecule has 11 heteroatoms. The number of hydrogen-bond acceptors (Lipinski definition) is 6. The zero-order valence-corrected chi connectivity index (χ0v) is 21.7. The van der Waals surface area contributed by atoms with Crippen LogP contribution < -0.4 is 5.43 Å². The lowest BCUT2D eigenvalue weighted by molar-refractivity contribution is -0.121. The molecule has 8 nitrogen and oxygen atoms in total. The molecule has 0 fully saturated rings. The molecule has 0 atom stereocenters. The summed E-state index contributed by atoms with van der Waals surface area (Å²) in [4.78, 5) is 24.1. The van der Waals surface area contributed by atoms with Crippen LogP contribution in [0.25, 0.3) is 0 Å². The Hall–Kier alpha value is -3.05. The predicted octanol–water partition coefficient (Wildman–Crippen LogP) is 4.23. The molecule has 0 bridgehead atoms. The van der Waals surface area contributed by atoms with Crippen molar-refractivity contribution in [3.05, 3.63) is 99.0 Å². The minimum absolute atomic E-state index is 0.0368. The highest BCUT2D eigenvalue weighted by molar-refractivity contribution is 9.10. The number of nitrogens with zero attached hydrogens (tertiary/aromatic N) is 2. The Bertz CT molecular complexity index is 1330. The van der Waals surface area contributed by atoms with Crippen LogP contribution in [-0.4, -0.2) is 44.5 Å². The van der Waals surface area contributed by atoms with Crippen molar-refractivity contribution in [2.45, 2.75) is 11.4 Å². The number of hydrazone groups is 1. The minimum Gasteiger partial charge on any atom is -0.465 e. The molecular weight excluding hydrogens is 558 g/mol. The van der Waals surface area contributed by atoms with Gasteiger partial charge in [0.2, 0.25) is 10.0 Å². The number of nitrogens with one attached hydrogen (secondary N) is 1. The summed E-state index contributed by atoms with van der Waals surface area (Å²) >= 11 is 9.52. The van der Waals surface area contributed by atoms with Crippen molar-refractivity contribution in [1.82, 2.24) is 9.73 Å². The monoisotopic (exact) mass is 577 g/mol. The van der Waals surface area contributed by atoms with Crippen molar-refractivity contribution in [2.24, 2.45) is 5.10 Å². The van der Waals surface area contributed by atoms with Gasteiger partial charge in [-0.3, -0.25) is 4.79 Å². The summed E-state index contributed by atoms with van der Waals surface area (Å²) in [5, 5.41) is 4.27. The zero-order chi connectivity index (χ0) is 25.4. The van der Waals surface area contributed by atoms with Gasteiger partial charge in [-0.05, 0) is 53.6 Å². The number of carbonyl (C=O) groups excluding carboxylic acids is 2. The Labute approximate surface area is 216 Å². The number of ether oxygens (including phenoxy) is 1. The van der Waals surface area contributed by atoms with E-state index in [9.17, 15) is 18.0 Å². The summed E-state index contributed by atoms with van der Waals surface area (Å²) in [5.74, 6) is -1.10. The molecule has 182 valence electrons. The second-order valence-electron chi connectivity index (χ2n) is 7.23. The van der Waals surface area contributed by atoms with Gasteiger partial charge in [0.1, 0.15) is 0 Å². The third kappa shape index (κ3) is 7.22. The highest BCUT2D eigenvalue weighted by Gasteiger charge is 2.27. The first-order valence-electron chi connectivity index (χ1n) is 10.2. The molecule has 0 aliphatic heterocycles. The van der Waals surface area contributed by atoms with Crippen LogP contribution in [0.4, 0.5) is 0 Å². The van der Waals surface area contributed by atoms with E-state index in [-0.39, 0.29) is 11.4 Å². The van der Waals surface area contributed by atoms with Crippen LogP contribution in [0, 0.1) is 0 Å². The van der Waals surface area contributed by atoms with Gasteiger partial charge in [-0.25, -0.2) is 18.6 Å². The minimum atomic E-state index is -4.02. The second-order valence-corrected chi connectivity index (χ2v) is 10.5. The quantitative estimate of drug-likeness (QED) is 0.232. The summed E-state index contributed by atoms with van der Waals surface area (Å²) in [6.45, 7) is -0.591. The summed E-state index contributed by atoms with van der Waals surface area (Å²) in [6.07, 6.45) is 1.38. The first kappa shape index (κ1) is 26.6. The van der Waals surface area contributed by atoms with Crippen LogP contribution in [0.1, 0.15) is 21.5 Å². The number of esters is 1. The van der Waals surface area contributed by atoms with Crippen molar-refractivity contribution in [3.63, 3.8) is 0 Å². The maximum atomic E-state index is 13.3. The van der Waals surface area contributed by atoms with Gasteiger partial charge in [0.15, 0.2) is 0 Å². The van der Waals surface area contributed by atoms with Gasteiger partial charge in [0.05, 0.1) is 30.3 Å². The van der Waals surface area contributed by atoms with Crippen molar-refractivity contribution < 1.29 is 22.7 Å². The lowest BCUT2D eigenvalue weighted by atomic mass is 10.1. The zero-order valence-electron chi connectivity index (χ0n) is 18.5. The number of halogens is 2. The Balaban J connectivity index is 1.76. The number of sulfonamides is 1. The predicted molar refractivity (Wildman–Crippen MR) is 137 cm³/mol. The highest BCUT2D eigenvalue weighted by Crippen LogP contribution is 2.23. The Morgan fingerprint density at radius 2 is 1.71 bits per heavy atom. The van der Waals surface area contributed by atoms with Crippen molar-refractivity contribution >= 4 is 55.6 Å². The molecule has 0 aromatic heterocycles. The summed E-state index contributed by atoms with van der Waals surface area (Å²) < 4.78 is 33.0. The van der Waals surface area contributed by atoms with E-state index in [0.717, 1.165) is 8.78 Å². The number of hydrogen-bond donors (Lipinski definition) is 1. The van der Waals surface area contributed by atoms with E-state index in [4.69, 9.17) is 11.6 Å². The van der Waals surface area contributed by atoms with Gasteiger partial charge in [-0.15, -0.1) is 0 Å². The molecule has 0 radical (unpaired) electrons. The van der Waals surface area contributed by atoms with E-state index < -0.39 is 28.4 Å². The van der Waals surface area contributed by atoms with Crippen LogP contribution in [0.2, 0.25) is 5.02 Å². The van der Waals surface area contributed by atoms with Gasteiger partial charge in [0, 0.05) is 16.0 Å². The van der Waals surface area contributed by atoms with Gasteiger partial charge >= 0.3 is 5.97 Å². The number of carbonyl (C=O) groups is 2. The molecule has 1 N–H and O–H groups in total. The Morgan fingerprint density at radius 1 is 1.06 bits per heavy atom. The van der Waals surface area contributed by atoms with Crippen LogP contribution in [-0.2, 0) is 26.1 Å². The van der Waals surface area contributed by atoms with Crippen molar-refractivity contribution in [1.29, 1.82) is 0 Å². The average Bonchev–Trinajstić information content (AvgIpc) is 2.85. The molecule has 0 unspecified atom stereocenters. The molecule has 0 heterocycles. The molecule has 0 saturated heterocycles. The van der Waals surface area contributed by atoms with Gasteiger partial charge in [-0.1, -0.05) is 57.9 Å². The molecule has 0 aliphatic carbocycles. The summed E-state index contributed by atoms with van der Waals surface area (Å²) in [7, 11) is -2.73. The summed E-state index contributed by atoms with van der Waals surface area (Å²) in [5.41, 5.74) is 3.88. The Kier molecular flexibility index (Phi) is 9.16. The van der Waals surface area contributed by atoms with E-state index >= 15 is 0 Å². The molecule has 0 saturated carbocycles. The Morgan fingerprint density at radius 3 is 2.34 bits per heavy atom. The first-order chi connectivity index (χ1) is 16.7. The van der Waals surface area contributed by atoms with E-state index in [2.05, 4.69) is 31.2 Å². The van der Waals surface area contributed by atoms with E-state index in [1.54, 1.807) is 60.7 Å². The normalized spacial score (nSPS) is 11.5. The fourth-order valence-corrected chi connectivity index (χ4v) is 4.83. The maximum absolute atomic E-state index is 13.3. The lowest BCUT2D eigenvalue weighted by Crippen LogP contribution is -2.39. The molecule has 35 heavy (non-hydrogen) atoms. The number of methoxy groups -OCH3 is 1. The molecule has 3 aromatic rings. The third-order valence-electron chi connectivity index (χ3n) is 4.81. The molecule has 1 amide bonds. The number of amides is 1. The summed E-state index contributed by atoms with van der Waals surface area (Å²) in [6, 6.07) is 19.3. The lowest BCUT2D eigenvalue weighted by Gasteiger charge is -2.22. The highest BCUT2D eigenvalue weighted by atomic mass is 79.9. The number of benzene rings is 3. The molecule has 0 aliphatic rings. The van der Waals surface area contributed by atoms with Crippen LogP contribution in [0.15, 0.2) is 87.3 Å². The fourth-order valence-electron chi connectivity index (χ4n) is 3.00. The van der Waals surface area contributed by atoms with Crippen molar-refractivity contribution in [2.75, 3.05) is 13.7 Å². The molecule has 3 rings (SSSR count). The topological polar surface area (TPSA) is 105 Å². The smallest absolute Gasteiger partial charge is 0.337 e. The second kappa shape index (κ2) is 12.1. The van der Waals surface area contributed by atoms with Gasteiger partial charge in [-0.2, -0.15) is 9.41 Å². The standard InChI is InChI=1S/C24H21BrClN3O5S/c1-34-24(31)18-8-6-17(7-9-18)14-27-28-23(30)16-29(15-19-4-2-3-5-22(19)26)35(32,33)21-12-10-20(25)11-13-21/h2-14H,15-16H2,1H3,(H,28,30)/b27-14+. The van der Waals surface area contributed by atoms with Crippen LogP contribution in [0.3, 0.4) is 0 Å². The van der Waals surface area contributed by atoms with Crippen molar-refractivity contribution in [3.8, 4) is 0 Å². The largest absolute Gasteiger partial charge is 0.465 e. The van der Waals surface area contributed by atoms with E-state index in [1.807, 2.05) is 0 Å². The first-order valence-corrected chi connectivity index (χ1v) is 12.8. The van der Waals surface area contributed by atoms with E-state index in [0.29, 0.717) is 21.7 Å². The maximum Gasteiger partial charge on any atom is 0.337 e. The average molecular weight is 579 g/mol. The third-order valence-corrected chi connectivity index (χ3v) is 7.51. The molecular formula is C24H21BrClN3O5S. The molecule has 3 aromatic carbocycles. The SMILES string of the molecule is COC(=O)c1ccc(/C=N/NC(=O)CN(Cc2ccccc2Cl)S(=O)(=O)c2ccc(Br)cc2)cc1. The number of rotatable bonds is 9. The van der Waals surface area contributed by atoms with Crippen LogP contribution in [0.5, 0.6) is 0 Å². The van der Waals surface area contributed by atoms with E-state index in [1.165, 1.54) is 25.5 Å². The van der Waals surface area contributed by atoms with Gasteiger partial charge in [0.25, 0.3) is 5.91 Å². The van der Waals surface area contributed by atoms with Gasteiger partial charge < -0.3 is 4.74 Å². The van der Waals surface area contributed by atoms with Crippen LogP contribution >= 0.6 is 27.5 Å². The fraction of sp³-hybridized carbons (Fsp3) is 0.125. The molecule has 0 spiro atoms.